The van der Waals surface area contributed by atoms with E-state index in [2.05, 4.69) is 41.7 Å². The quantitative estimate of drug-likeness (QED) is 0.234. The average Bonchev–Trinajstić information content (AvgIpc) is 2.74. The van der Waals surface area contributed by atoms with Gasteiger partial charge < -0.3 is 10.6 Å². The number of rotatable bonds is 7. The van der Waals surface area contributed by atoms with Gasteiger partial charge in [-0.1, -0.05) is 12.1 Å². The zero-order valence-corrected chi connectivity index (χ0v) is 17.3. The third-order valence-electron chi connectivity index (χ3n) is 3.46. The molecule has 0 aliphatic carbocycles. The third kappa shape index (κ3) is 7.72. The van der Waals surface area contributed by atoms with Crippen molar-refractivity contribution in [1.29, 1.82) is 0 Å². The van der Waals surface area contributed by atoms with Crippen LogP contribution in [0.25, 0.3) is 0 Å². The lowest BCUT2D eigenvalue weighted by Gasteiger charge is -2.10. The zero-order valence-electron chi connectivity index (χ0n) is 15.6. The van der Waals surface area contributed by atoms with Crippen molar-refractivity contribution in [2.45, 2.75) is 13.8 Å². The number of hydrazone groups is 2. The third-order valence-corrected chi connectivity index (χ3v) is 3.93. The van der Waals surface area contributed by atoms with Crippen LogP contribution >= 0.6 is 24.4 Å². The molecule has 0 spiro atoms. The molecule has 28 heavy (non-hydrogen) atoms. The average molecular weight is 415 g/mol. The zero-order chi connectivity index (χ0) is 20.2. The van der Waals surface area contributed by atoms with Crippen LogP contribution in [0.4, 0.5) is 0 Å². The molecule has 2 heterocycles. The van der Waals surface area contributed by atoms with E-state index in [-0.39, 0.29) is 0 Å². The first kappa shape index (κ1) is 21.3. The van der Waals surface area contributed by atoms with Gasteiger partial charge >= 0.3 is 0 Å². The summed E-state index contributed by atoms with van der Waals surface area (Å²) in [4.78, 5) is 8.28. The minimum absolute atomic E-state index is 0.418. The summed E-state index contributed by atoms with van der Waals surface area (Å²) in [6.45, 7) is 4.87. The Morgan fingerprint density at radius 3 is 2.14 bits per heavy atom. The molecule has 0 saturated heterocycles. The molecule has 0 atom stereocenters. The van der Waals surface area contributed by atoms with Crippen molar-refractivity contribution in [3.63, 3.8) is 0 Å². The second kappa shape index (κ2) is 11.7. The summed E-state index contributed by atoms with van der Waals surface area (Å²) >= 11 is 10.4. The molecule has 4 N–H and O–H groups in total. The molecule has 0 radical (unpaired) electrons. The number of nitrogens with zero attached hydrogens (tertiary/aromatic N) is 4. The predicted molar refractivity (Wildman–Crippen MR) is 120 cm³/mol. The SMILES string of the molecule is C/C(=N\NC(=S)NCCNC(=S)N/N=C(\C)c1ccccn1)c1cccnc1. The van der Waals surface area contributed by atoms with E-state index in [9.17, 15) is 0 Å². The summed E-state index contributed by atoms with van der Waals surface area (Å²) in [5.74, 6) is 0. The van der Waals surface area contributed by atoms with E-state index in [0.717, 1.165) is 22.7 Å². The van der Waals surface area contributed by atoms with Gasteiger partial charge in [0.1, 0.15) is 0 Å². The van der Waals surface area contributed by atoms with Gasteiger partial charge in [0.15, 0.2) is 10.2 Å². The van der Waals surface area contributed by atoms with Gasteiger partial charge in [-0.15, -0.1) is 0 Å². The molecular weight excluding hydrogens is 392 g/mol. The lowest BCUT2D eigenvalue weighted by atomic mass is 10.2. The number of hydrogen-bond donors (Lipinski definition) is 4. The normalized spacial score (nSPS) is 11.5. The van der Waals surface area contributed by atoms with Crippen molar-refractivity contribution >= 4 is 46.1 Å². The molecule has 0 amide bonds. The van der Waals surface area contributed by atoms with Gasteiger partial charge in [0.05, 0.1) is 17.1 Å². The van der Waals surface area contributed by atoms with Crippen molar-refractivity contribution in [1.82, 2.24) is 31.5 Å². The Labute approximate surface area is 174 Å². The van der Waals surface area contributed by atoms with E-state index >= 15 is 0 Å². The maximum atomic E-state index is 5.19. The first-order chi connectivity index (χ1) is 13.6. The Bertz CT molecular complexity index is 766. The van der Waals surface area contributed by atoms with Crippen molar-refractivity contribution in [3.05, 3.63) is 60.2 Å². The Morgan fingerprint density at radius 1 is 0.893 bits per heavy atom. The molecule has 0 bridgehead atoms. The Balaban J connectivity index is 1.64. The summed E-state index contributed by atoms with van der Waals surface area (Å²) in [7, 11) is 0. The van der Waals surface area contributed by atoms with Crippen LogP contribution in [0, 0.1) is 0 Å². The monoisotopic (exact) mass is 414 g/mol. The lowest BCUT2D eigenvalue weighted by Crippen LogP contribution is -2.41. The molecule has 2 rings (SSSR count). The van der Waals surface area contributed by atoms with E-state index in [1.807, 2.05) is 44.2 Å². The Kier molecular flexibility index (Phi) is 8.89. The molecule has 0 unspecified atom stereocenters. The largest absolute Gasteiger partial charge is 0.360 e. The van der Waals surface area contributed by atoms with Gasteiger partial charge in [-0.25, -0.2) is 0 Å². The fourth-order valence-electron chi connectivity index (χ4n) is 1.98. The van der Waals surface area contributed by atoms with Crippen LogP contribution < -0.4 is 21.5 Å². The van der Waals surface area contributed by atoms with Gasteiger partial charge in [-0.3, -0.25) is 20.8 Å². The fourth-order valence-corrected chi connectivity index (χ4v) is 2.27. The Morgan fingerprint density at radius 2 is 1.57 bits per heavy atom. The molecule has 10 heteroatoms. The van der Waals surface area contributed by atoms with Crippen LogP contribution in [0.3, 0.4) is 0 Å². The number of hydrogen-bond acceptors (Lipinski definition) is 6. The molecule has 146 valence electrons. The number of aromatic nitrogens is 2. The maximum absolute atomic E-state index is 5.19. The highest BCUT2D eigenvalue weighted by atomic mass is 32.1. The summed E-state index contributed by atoms with van der Waals surface area (Å²) in [6.07, 6.45) is 5.18. The van der Waals surface area contributed by atoms with Crippen LogP contribution in [0.1, 0.15) is 25.1 Å². The van der Waals surface area contributed by atoms with E-state index in [4.69, 9.17) is 24.4 Å². The molecule has 0 aliphatic rings. The summed E-state index contributed by atoms with van der Waals surface area (Å²) in [6, 6.07) is 9.43. The van der Waals surface area contributed by atoms with Crippen LogP contribution in [0.5, 0.6) is 0 Å². The van der Waals surface area contributed by atoms with Gasteiger partial charge in [-0.05, 0) is 56.5 Å². The van der Waals surface area contributed by atoms with E-state index < -0.39 is 0 Å². The molecule has 0 saturated carbocycles. The number of nitrogens with one attached hydrogen (secondary N) is 4. The van der Waals surface area contributed by atoms with E-state index in [1.54, 1.807) is 18.6 Å². The maximum Gasteiger partial charge on any atom is 0.187 e. The van der Waals surface area contributed by atoms with Gasteiger partial charge in [-0.2, -0.15) is 10.2 Å². The van der Waals surface area contributed by atoms with Crippen molar-refractivity contribution in [3.8, 4) is 0 Å². The smallest absolute Gasteiger partial charge is 0.187 e. The highest BCUT2D eigenvalue weighted by Gasteiger charge is 2.00. The molecule has 0 aliphatic heterocycles. The van der Waals surface area contributed by atoms with Gasteiger partial charge in [0.2, 0.25) is 0 Å². The summed E-state index contributed by atoms with van der Waals surface area (Å²) in [5, 5.41) is 15.3. The second-order valence-electron chi connectivity index (χ2n) is 5.59. The second-order valence-corrected chi connectivity index (χ2v) is 6.40. The summed E-state index contributed by atoms with van der Waals surface area (Å²) < 4.78 is 0. The highest BCUT2D eigenvalue weighted by Crippen LogP contribution is 1.97. The van der Waals surface area contributed by atoms with Crippen LogP contribution in [0.15, 0.2) is 59.1 Å². The standard InChI is InChI=1S/C18H22N8S2/c1-13(15-6-5-8-19-12-15)23-25-17(27)21-10-11-22-18(28)26-24-14(2)16-7-3-4-9-20-16/h3-9,12H,10-11H2,1-2H3,(H2,21,25,27)(H2,22,26,28)/b23-13+,24-14+. The number of thiocarbonyl (C=S) groups is 2. The number of pyridine rings is 2. The minimum atomic E-state index is 0.418. The summed E-state index contributed by atoms with van der Waals surface area (Å²) in [5.41, 5.74) is 8.85. The van der Waals surface area contributed by atoms with Crippen LogP contribution in [-0.2, 0) is 0 Å². The Hall–Kier alpha value is -2.98. The van der Waals surface area contributed by atoms with E-state index in [1.165, 1.54) is 0 Å². The molecule has 2 aromatic heterocycles. The van der Waals surface area contributed by atoms with Crippen LogP contribution in [-0.4, -0.2) is 44.7 Å². The van der Waals surface area contributed by atoms with Crippen molar-refractivity contribution < 1.29 is 0 Å². The minimum Gasteiger partial charge on any atom is -0.360 e. The topological polar surface area (TPSA) is 98.6 Å². The molecule has 0 aromatic carbocycles. The van der Waals surface area contributed by atoms with E-state index in [0.29, 0.717) is 23.3 Å². The van der Waals surface area contributed by atoms with Gasteiger partial charge in [0.25, 0.3) is 0 Å². The highest BCUT2D eigenvalue weighted by molar-refractivity contribution is 7.80. The first-order valence-corrected chi connectivity index (χ1v) is 9.36. The molecular formula is C18H22N8S2. The molecule has 2 aromatic rings. The van der Waals surface area contributed by atoms with Crippen molar-refractivity contribution in [2.75, 3.05) is 13.1 Å². The first-order valence-electron chi connectivity index (χ1n) is 8.54. The van der Waals surface area contributed by atoms with Crippen molar-refractivity contribution in [2.24, 2.45) is 10.2 Å². The predicted octanol–water partition coefficient (Wildman–Crippen LogP) is 1.55. The molecule has 8 nitrogen and oxygen atoms in total. The molecule has 0 fully saturated rings. The van der Waals surface area contributed by atoms with Crippen LogP contribution in [0.2, 0.25) is 0 Å². The fraction of sp³-hybridized carbons (Fsp3) is 0.222. The van der Waals surface area contributed by atoms with Gasteiger partial charge in [0, 0.05) is 37.2 Å². The lowest BCUT2D eigenvalue weighted by molar-refractivity contribution is 0.782.